The zero-order valence-corrected chi connectivity index (χ0v) is 15.7. The van der Waals surface area contributed by atoms with Crippen LogP contribution in [-0.4, -0.2) is 57.7 Å². The van der Waals surface area contributed by atoms with Gasteiger partial charge < -0.3 is 20.1 Å². The van der Waals surface area contributed by atoms with Crippen LogP contribution in [0.4, 0.5) is 9.59 Å². The number of nitrogens with zero attached hydrogens (tertiary/aromatic N) is 1. The highest BCUT2D eigenvalue weighted by Crippen LogP contribution is 2.44. The Kier molecular flexibility index (Phi) is 5.67. The minimum absolute atomic E-state index is 0.274. The Morgan fingerprint density at radius 3 is 2.44 bits per heavy atom. The van der Waals surface area contributed by atoms with Crippen molar-refractivity contribution < 1.29 is 29.0 Å². The fraction of sp³-hybridized carbons (Fsp3) is 0.647. The van der Waals surface area contributed by atoms with Crippen LogP contribution >= 0.6 is 0 Å². The van der Waals surface area contributed by atoms with Crippen molar-refractivity contribution in [2.45, 2.75) is 57.2 Å². The quantitative estimate of drug-likeness (QED) is 0.418. The number of hydrazine groups is 1. The topological polar surface area (TPSA) is 137 Å². The molecule has 0 radical (unpaired) electrons. The van der Waals surface area contributed by atoms with Gasteiger partial charge in [0.1, 0.15) is 17.2 Å². The Morgan fingerprint density at radius 2 is 1.93 bits per heavy atom. The average molecular weight is 382 g/mol. The van der Waals surface area contributed by atoms with Gasteiger partial charge in [-0.2, -0.15) is 0 Å². The lowest BCUT2D eigenvalue weighted by atomic mass is 10.1. The summed E-state index contributed by atoms with van der Waals surface area (Å²) in [5.74, 6) is -2.00. The number of hydrogen-bond donors (Lipinski definition) is 4. The molecule has 1 aliphatic heterocycles. The molecule has 0 spiro atoms. The molecule has 1 saturated heterocycles. The highest BCUT2D eigenvalue weighted by atomic mass is 16.6. The summed E-state index contributed by atoms with van der Waals surface area (Å²) < 4.78 is 5.01. The number of nitrogens with one attached hydrogen (secondary N) is 3. The molecular weight excluding hydrogens is 356 g/mol. The summed E-state index contributed by atoms with van der Waals surface area (Å²) in [6.07, 6.45) is 1.94. The molecule has 2 rings (SSSR count). The fourth-order valence-corrected chi connectivity index (χ4v) is 3.08. The van der Waals surface area contributed by atoms with Crippen molar-refractivity contribution in [3.63, 3.8) is 0 Å². The third-order valence-corrected chi connectivity index (χ3v) is 4.51. The van der Waals surface area contributed by atoms with E-state index in [1.165, 1.54) is 11.0 Å². The van der Waals surface area contributed by atoms with Crippen LogP contribution in [0.1, 0.15) is 40.0 Å². The monoisotopic (exact) mass is 382 g/mol. The molecule has 2 aliphatic rings. The van der Waals surface area contributed by atoms with Crippen molar-refractivity contribution in [3.05, 3.63) is 12.7 Å². The van der Waals surface area contributed by atoms with Gasteiger partial charge in [-0.3, -0.25) is 4.79 Å². The summed E-state index contributed by atoms with van der Waals surface area (Å²) in [4.78, 5) is 49.2. The third-order valence-electron chi connectivity index (χ3n) is 4.51. The highest BCUT2D eigenvalue weighted by Gasteiger charge is 2.61. The normalized spacial score (nSPS) is 26.7. The van der Waals surface area contributed by atoms with E-state index >= 15 is 0 Å². The van der Waals surface area contributed by atoms with Gasteiger partial charge in [0.05, 0.1) is 0 Å². The van der Waals surface area contributed by atoms with E-state index in [0.29, 0.717) is 19.4 Å². The average Bonchev–Trinajstić information content (AvgIpc) is 3.04. The van der Waals surface area contributed by atoms with Crippen molar-refractivity contribution in [3.8, 4) is 0 Å². The second-order valence-corrected chi connectivity index (χ2v) is 7.72. The number of urea groups is 1. The molecule has 4 amide bonds. The molecular formula is C17H26N4O6. The summed E-state index contributed by atoms with van der Waals surface area (Å²) in [5.41, 5.74) is 2.26. The first-order chi connectivity index (χ1) is 12.5. The maximum absolute atomic E-state index is 12.6. The number of likely N-dealkylation sites (tertiary alicyclic amines) is 1. The molecule has 1 aliphatic carbocycles. The molecule has 0 aromatic carbocycles. The highest BCUT2D eigenvalue weighted by molar-refractivity contribution is 5.94. The Bertz CT molecular complexity index is 658. The van der Waals surface area contributed by atoms with Gasteiger partial charge in [-0.1, -0.05) is 6.08 Å². The Morgan fingerprint density at radius 1 is 1.26 bits per heavy atom. The number of ether oxygens (including phenoxy) is 1. The Hall–Kier alpha value is -2.78. The maximum atomic E-state index is 12.6. The molecule has 1 heterocycles. The van der Waals surface area contributed by atoms with E-state index in [9.17, 15) is 24.3 Å². The molecule has 1 saturated carbocycles. The van der Waals surface area contributed by atoms with Crippen LogP contribution in [0.3, 0.4) is 0 Å². The summed E-state index contributed by atoms with van der Waals surface area (Å²) in [6, 6.07) is -1.48. The standard InChI is InChI=1S/C17H26N4O6/c1-5-10-9-17(10,13(23)24)18-12(22)11-7-6-8-21(11)14(25)19-20-15(26)27-16(2,3)4/h5,10-11H,1,6-9H2,2-4H3,(H,18,22)(H,19,25)(H,20,26)(H,23,24)/t10?,11?,17-/m1/s1. The number of carboxylic acids is 1. The number of carbonyl (C=O) groups is 4. The largest absolute Gasteiger partial charge is 0.479 e. The lowest BCUT2D eigenvalue weighted by Crippen LogP contribution is -2.56. The number of aliphatic carboxylic acids is 1. The van der Waals surface area contributed by atoms with Gasteiger partial charge in [0, 0.05) is 12.5 Å². The zero-order chi connectivity index (χ0) is 20.4. The van der Waals surface area contributed by atoms with Crippen LogP contribution in [0.5, 0.6) is 0 Å². The molecule has 27 heavy (non-hydrogen) atoms. The van der Waals surface area contributed by atoms with Crippen LogP contribution in [-0.2, 0) is 14.3 Å². The summed E-state index contributed by atoms with van der Waals surface area (Å²) in [7, 11) is 0. The van der Waals surface area contributed by atoms with Crippen molar-refractivity contribution in [2.75, 3.05) is 6.54 Å². The SMILES string of the molecule is C=CC1C[C@]1(NC(=O)C1CCCN1C(=O)NNC(=O)OC(C)(C)C)C(=O)O. The van der Waals surface area contributed by atoms with E-state index < -0.39 is 41.2 Å². The number of carboxylic acid groups (broad SMARTS) is 1. The number of rotatable bonds is 4. The smallest absolute Gasteiger partial charge is 0.426 e. The summed E-state index contributed by atoms with van der Waals surface area (Å²) >= 11 is 0. The van der Waals surface area contributed by atoms with Crippen LogP contribution in [0.25, 0.3) is 0 Å². The number of carbonyl (C=O) groups excluding carboxylic acids is 3. The minimum atomic E-state index is -1.35. The van der Waals surface area contributed by atoms with Gasteiger partial charge >= 0.3 is 18.1 Å². The van der Waals surface area contributed by atoms with Gasteiger partial charge in [0.2, 0.25) is 5.91 Å². The Balaban J connectivity index is 1.93. The van der Waals surface area contributed by atoms with Gasteiger partial charge in [-0.05, 0) is 40.0 Å². The van der Waals surface area contributed by atoms with Crippen LogP contribution in [0.2, 0.25) is 0 Å². The van der Waals surface area contributed by atoms with Gasteiger partial charge in [-0.15, -0.1) is 6.58 Å². The summed E-state index contributed by atoms with van der Waals surface area (Å²) in [6.45, 7) is 8.93. The third kappa shape index (κ3) is 4.69. The maximum Gasteiger partial charge on any atom is 0.426 e. The van der Waals surface area contributed by atoms with Crippen molar-refractivity contribution >= 4 is 24.0 Å². The van der Waals surface area contributed by atoms with Crippen molar-refractivity contribution in [1.82, 2.24) is 21.1 Å². The first-order valence-corrected chi connectivity index (χ1v) is 8.74. The number of hydrogen-bond acceptors (Lipinski definition) is 5. The van der Waals surface area contributed by atoms with E-state index in [-0.39, 0.29) is 12.3 Å². The molecule has 150 valence electrons. The molecule has 2 fully saturated rings. The molecule has 2 unspecified atom stereocenters. The second kappa shape index (κ2) is 7.45. The molecule has 0 aromatic heterocycles. The van der Waals surface area contributed by atoms with Crippen LogP contribution in [0.15, 0.2) is 12.7 Å². The van der Waals surface area contributed by atoms with Crippen molar-refractivity contribution in [1.29, 1.82) is 0 Å². The molecule has 10 nitrogen and oxygen atoms in total. The molecule has 0 bridgehead atoms. The zero-order valence-electron chi connectivity index (χ0n) is 15.7. The van der Waals surface area contributed by atoms with Gasteiger partial charge in [0.15, 0.2) is 0 Å². The van der Waals surface area contributed by atoms with E-state index in [1.807, 2.05) is 0 Å². The van der Waals surface area contributed by atoms with E-state index in [0.717, 1.165) is 0 Å². The Labute approximate surface area is 157 Å². The first kappa shape index (κ1) is 20.5. The predicted molar refractivity (Wildman–Crippen MR) is 94.4 cm³/mol. The molecule has 3 atom stereocenters. The van der Waals surface area contributed by atoms with E-state index in [4.69, 9.17) is 4.74 Å². The predicted octanol–water partition coefficient (Wildman–Crippen LogP) is 0.746. The minimum Gasteiger partial charge on any atom is -0.479 e. The molecule has 4 N–H and O–H groups in total. The van der Waals surface area contributed by atoms with Crippen LogP contribution < -0.4 is 16.2 Å². The van der Waals surface area contributed by atoms with Gasteiger partial charge in [0.25, 0.3) is 0 Å². The van der Waals surface area contributed by atoms with Gasteiger partial charge in [-0.25, -0.2) is 25.2 Å². The lowest BCUT2D eigenvalue weighted by molar-refractivity contribution is -0.144. The first-order valence-electron chi connectivity index (χ1n) is 8.74. The second-order valence-electron chi connectivity index (χ2n) is 7.72. The lowest BCUT2D eigenvalue weighted by Gasteiger charge is -2.26. The van der Waals surface area contributed by atoms with E-state index in [2.05, 4.69) is 22.7 Å². The van der Waals surface area contributed by atoms with Crippen molar-refractivity contribution in [2.24, 2.45) is 5.92 Å². The summed E-state index contributed by atoms with van der Waals surface area (Å²) in [5, 5.41) is 11.9. The number of amides is 4. The van der Waals surface area contributed by atoms with E-state index in [1.54, 1.807) is 20.8 Å². The molecule has 0 aromatic rings. The fourth-order valence-electron chi connectivity index (χ4n) is 3.08. The molecule has 10 heteroatoms. The van der Waals surface area contributed by atoms with Crippen LogP contribution in [0, 0.1) is 5.92 Å².